The van der Waals surface area contributed by atoms with Crippen molar-refractivity contribution in [3.8, 4) is 0 Å². The number of benzene rings is 2. The van der Waals surface area contributed by atoms with Crippen molar-refractivity contribution in [1.29, 1.82) is 0 Å². The van der Waals surface area contributed by atoms with Gasteiger partial charge in [0.15, 0.2) is 0 Å². The minimum atomic E-state index is -0.261. The first-order valence-electron chi connectivity index (χ1n) is 6.35. The van der Waals surface area contributed by atoms with E-state index < -0.39 is 0 Å². The Morgan fingerprint density at radius 3 is 2.55 bits per heavy atom. The first kappa shape index (κ1) is 14.7. The van der Waals surface area contributed by atoms with Gasteiger partial charge in [0.05, 0.1) is 0 Å². The monoisotopic (exact) mass is 335 g/mol. The lowest BCUT2D eigenvalue weighted by molar-refractivity contribution is -0.116. The predicted molar refractivity (Wildman–Crippen MR) is 82.2 cm³/mol. The molecule has 0 saturated carbocycles. The molecule has 0 saturated heterocycles. The van der Waals surface area contributed by atoms with Gasteiger partial charge in [0.1, 0.15) is 5.82 Å². The molecular weight excluding hydrogens is 321 g/mol. The highest BCUT2D eigenvalue weighted by molar-refractivity contribution is 9.10. The molecule has 0 aliphatic heterocycles. The van der Waals surface area contributed by atoms with Crippen LogP contribution in [0.25, 0.3) is 0 Å². The standard InChI is InChI=1S/C16H15BrFNO/c1-11-10-14(7-8-15(11)17)19-16(20)9-4-12-2-5-13(18)6-3-12/h2-3,5-8,10H,4,9H2,1H3,(H,19,20). The lowest BCUT2D eigenvalue weighted by atomic mass is 10.1. The highest BCUT2D eigenvalue weighted by Gasteiger charge is 2.04. The second-order valence-corrected chi connectivity index (χ2v) is 5.49. The molecule has 0 heterocycles. The number of hydrogen-bond acceptors (Lipinski definition) is 1. The SMILES string of the molecule is Cc1cc(NC(=O)CCc2ccc(F)cc2)ccc1Br. The van der Waals surface area contributed by atoms with E-state index in [2.05, 4.69) is 21.2 Å². The summed E-state index contributed by atoms with van der Waals surface area (Å²) in [5.74, 6) is -0.306. The molecular formula is C16H15BrFNO. The van der Waals surface area contributed by atoms with Crippen LogP contribution in [0.3, 0.4) is 0 Å². The van der Waals surface area contributed by atoms with E-state index in [9.17, 15) is 9.18 Å². The smallest absolute Gasteiger partial charge is 0.224 e. The Morgan fingerprint density at radius 1 is 1.20 bits per heavy atom. The molecule has 2 rings (SSSR count). The van der Waals surface area contributed by atoms with Crippen molar-refractivity contribution in [3.63, 3.8) is 0 Å². The van der Waals surface area contributed by atoms with Crippen LogP contribution in [0.2, 0.25) is 0 Å². The van der Waals surface area contributed by atoms with Crippen LogP contribution in [0.15, 0.2) is 46.9 Å². The van der Waals surface area contributed by atoms with Crippen molar-refractivity contribution in [1.82, 2.24) is 0 Å². The van der Waals surface area contributed by atoms with E-state index in [0.29, 0.717) is 12.8 Å². The van der Waals surface area contributed by atoms with E-state index in [4.69, 9.17) is 0 Å². The van der Waals surface area contributed by atoms with E-state index in [1.165, 1.54) is 12.1 Å². The fraction of sp³-hybridized carbons (Fsp3) is 0.188. The highest BCUT2D eigenvalue weighted by atomic mass is 79.9. The molecule has 0 aliphatic rings. The number of carbonyl (C=O) groups is 1. The molecule has 2 aromatic carbocycles. The zero-order chi connectivity index (χ0) is 14.5. The molecule has 104 valence electrons. The van der Waals surface area contributed by atoms with Crippen molar-refractivity contribution >= 4 is 27.5 Å². The average molecular weight is 336 g/mol. The summed E-state index contributed by atoms with van der Waals surface area (Å²) in [6, 6.07) is 11.9. The van der Waals surface area contributed by atoms with Crippen molar-refractivity contribution < 1.29 is 9.18 Å². The molecule has 2 nitrogen and oxygen atoms in total. The predicted octanol–water partition coefficient (Wildman–Crippen LogP) is 4.47. The van der Waals surface area contributed by atoms with Gasteiger partial charge in [-0.3, -0.25) is 4.79 Å². The second kappa shape index (κ2) is 6.66. The quantitative estimate of drug-likeness (QED) is 0.877. The van der Waals surface area contributed by atoms with Crippen LogP contribution in [0, 0.1) is 12.7 Å². The number of halogens is 2. The van der Waals surface area contributed by atoms with Gasteiger partial charge in [0.25, 0.3) is 0 Å². The van der Waals surface area contributed by atoms with E-state index in [1.807, 2.05) is 25.1 Å². The Hall–Kier alpha value is -1.68. The van der Waals surface area contributed by atoms with Gasteiger partial charge in [-0.15, -0.1) is 0 Å². The molecule has 0 aliphatic carbocycles. The Balaban J connectivity index is 1.89. The van der Waals surface area contributed by atoms with Gasteiger partial charge in [-0.25, -0.2) is 4.39 Å². The number of nitrogens with one attached hydrogen (secondary N) is 1. The van der Waals surface area contributed by atoms with Crippen LogP contribution in [0.4, 0.5) is 10.1 Å². The van der Waals surface area contributed by atoms with Gasteiger partial charge in [-0.05, 0) is 54.8 Å². The van der Waals surface area contributed by atoms with Crippen LogP contribution in [-0.4, -0.2) is 5.91 Å². The van der Waals surface area contributed by atoms with E-state index >= 15 is 0 Å². The molecule has 0 aromatic heterocycles. The maximum atomic E-state index is 12.8. The third-order valence-corrected chi connectivity index (χ3v) is 3.89. The minimum absolute atomic E-state index is 0.0453. The third kappa shape index (κ3) is 4.17. The molecule has 4 heteroatoms. The van der Waals surface area contributed by atoms with E-state index in [-0.39, 0.29) is 11.7 Å². The summed E-state index contributed by atoms with van der Waals surface area (Å²) >= 11 is 3.42. The van der Waals surface area contributed by atoms with Crippen LogP contribution < -0.4 is 5.32 Å². The number of amides is 1. The van der Waals surface area contributed by atoms with Gasteiger partial charge in [-0.2, -0.15) is 0 Å². The largest absolute Gasteiger partial charge is 0.326 e. The summed E-state index contributed by atoms with van der Waals surface area (Å²) in [5, 5.41) is 2.86. The van der Waals surface area contributed by atoms with Gasteiger partial charge < -0.3 is 5.32 Å². The maximum Gasteiger partial charge on any atom is 0.224 e. The molecule has 0 radical (unpaired) electrons. The number of anilines is 1. The number of rotatable bonds is 4. The lowest BCUT2D eigenvalue weighted by Crippen LogP contribution is -2.12. The molecule has 0 bridgehead atoms. The summed E-state index contributed by atoms with van der Waals surface area (Å²) in [5.41, 5.74) is 2.81. The summed E-state index contributed by atoms with van der Waals surface area (Å²) in [6.45, 7) is 1.97. The molecule has 1 amide bonds. The first-order chi connectivity index (χ1) is 9.54. The Labute approximate surface area is 126 Å². The molecule has 0 unspecified atom stereocenters. The Morgan fingerprint density at radius 2 is 1.90 bits per heavy atom. The Kier molecular flexibility index (Phi) is 4.90. The van der Waals surface area contributed by atoms with Crippen molar-refractivity contribution in [3.05, 3.63) is 63.9 Å². The summed E-state index contributed by atoms with van der Waals surface area (Å²) in [7, 11) is 0. The van der Waals surface area contributed by atoms with E-state index in [1.54, 1.807) is 12.1 Å². The molecule has 0 atom stereocenters. The normalized spacial score (nSPS) is 10.3. The van der Waals surface area contributed by atoms with Crippen molar-refractivity contribution in [2.75, 3.05) is 5.32 Å². The van der Waals surface area contributed by atoms with Crippen LogP contribution in [-0.2, 0) is 11.2 Å². The summed E-state index contributed by atoms with van der Waals surface area (Å²) < 4.78 is 13.8. The number of hydrogen-bond donors (Lipinski definition) is 1. The van der Waals surface area contributed by atoms with Gasteiger partial charge in [-0.1, -0.05) is 28.1 Å². The van der Waals surface area contributed by atoms with Gasteiger partial charge in [0.2, 0.25) is 5.91 Å². The highest BCUT2D eigenvalue weighted by Crippen LogP contribution is 2.20. The first-order valence-corrected chi connectivity index (χ1v) is 7.14. The van der Waals surface area contributed by atoms with E-state index in [0.717, 1.165) is 21.3 Å². The van der Waals surface area contributed by atoms with Crippen molar-refractivity contribution in [2.24, 2.45) is 0 Å². The number of aryl methyl sites for hydroxylation is 2. The topological polar surface area (TPSA) is 29.1 Å². The minimum Gasteiger partial charge on any atom is -0.326 e. The summed E-state index contributed by atoms with van der Waals surface area (Å²) in [6.07, 6.45) is 0.975. The third-order valence-electron chi connectivity index (χ3n) is 3.00. The van der Waals surface area contributed by atoms with Crippen LogP contribution in [0.1, 0.15) is 17.5 Å². The fourth-order valence-electron chi connectivity index (χ4n) is 1.85. The van der Waals surface area contributed by atoms with Crippen LogP contribution in [0.5, 0.6) is 0 Å². The Bertz CT molecular complexity index is 610. The molecule has 2 aromatic rings. The molecule has 20 heavy (non-hydrogen) atoms. The molecule has 0 fully saturated rings. The van der Waals surface area contributed by atoms with Crippen molar-refractivity contribution in [2.45, 2.75) is 19.8 Å². The fourth-order valence-corrected chi connectivity index (χ4v) is 2.10. The molecule has 0 spiro atoms. The second-order valence-electron chi connectivity index (χ2n) is 4.64. The maximum absolute atomic E-state index is 12.8. The zero-order valence-electron chi connectivity index (χ0n) is 11.1. The average Bonchev–Trinajstić information content (AvgIpc) is 2.42. The van der Waals surface area contributed by atoms with Crippen LogP contribution >= 0.6 is 15.9 Å². The van der Waals surface area contributed by atoms with Gasteiger partial charge in [0, 0.05) is 16.6 Å². The number of carbonyl (C=O) groups excluding carboxylic acids is 1. The van der Waals surface area contributed by atoms with Gasteiger partial charge >= 0.3 is 0 Å². The lowest BCUT2D eigenvalue weighted by Gasteiger charge is -2.07. The summed E-state index contributed by atoms with van der Waals surface area (Å²) in [4.78, 5) is 11.9. The zero-order valence-corrected chi connectivity index (χ0v) is 12.7. The molecule has 1 N–H and O–H groups in total.